The molecule has 2 nitrogen and oxygen atoms in total. The molecule has 0 saturated heterocycles. The van der Waals surface area contributed by atoms with Gasteiger partial charge in [0, 0.05) is 18.7 Å². The number of para-hydroxylation sites is 1. The fraction of sp³-hybridized carbons (Fsp3) is 0.533. The summed E-state index contributed by atoms with van der Waals surface area (Å²) in [5.41, 5.74) is 2.34. The van der Waals surface area contributed by atoms with Crippen molar-refractivity contribution >= 4 is 11.6 Å². The van der Waals surface area contributed by atoms with Gasteiger partial charge in [0.25, 0.3) is 0 Å². The molecule has 1 amide bonds. The summed E-state index contributed by atoms with van der Waals surface area (Å²) in [7, 11) is 1.84. The molecule has 1 aliphatic heterocycles. The molecule has 0 radical (unpaired) electrons. The number of hydrogen-bond acceptors (Lipinski definition) is 1. The van der Waals surface area contributed by atoms with E-state index in [1.807, 2.05) is 59.9 Å². The van der Waals surface area contributed by atoms with Crippen LogP contribution in [-0.2, 0) is 11.2 Å². The largest absolute Gasteiger partial charge is 0.315 e. The van der Waals surface area contributed by atoms with Crippen LogP contribution in [-0.4, -0.2) is 13.0 Å². The molecule has 1 unspecified atom stereocenters. The summed E-state index contributed by atoms with van der Waals surface area (Å²) >= 11 is 0. The van der Waals surface area contributed by atoms with Crippen LogP contribution in [0, 0.1) is 5.92 Å². The molecule has 0 aromatic heterocycles. The van der Waals surface area contributed by atoms with Gasteiger partial charge in [-0.1, -0.05) is 52.8 Å². The van der Waals surface area contributed by atoms with Crippen LogP contribution in [0.2, 0.25) is 0 Å². The molecule has 1 aliphatic rings. The predicted octanol–water partition coefficient (Wildman–Crippen LogP) is 3.89. The Balaban J connectivity index is 0.000000581. The molecule has 0 spiro atoms. The number of carbonyl (C=O) groups is 1. The Morgan fingerprint density at radius 2 is 1.65 bits per heavy atom. The number of rotatable bonds is 0. The second kappa shape index (κ2) is 7.88. The number of carbonyl (C=O) groups excluding carboxylic acids is 1. The van der Waals surface area contributed by atoms with Crippen LogP contribution in [0.15, 0.2) is 24.3 Å². The lowest BCUT2D eigenvalue weighted by molar-refractivity contribution is -0.121. The summed E-state index contributed by atoms with van der Waals surface area (Å²) in [6.45, 7) is 9.98. The molecule has 1 heterocycles. The van der Waals surface area contributed by atoms with Gasteiger partial charge in [0.2, 0.25) is 5.91 Å². The molecule has 0 saturated carbocycles. The van der Waals surface area contributed by atoms with Crippen LogP contribution in [0.1, 0.15) is 40.2 Å². The molecule has 1 atom stereocenters. The van der Waals surface area contributed by atoms with Gasteiger partial charge in [-0.15, -0.1) is 0 Å². The van der Waals surface area contributed by atoms with Crippen molar-refractivity contribution in [2.45, 2.75) is 41.0 Å². The molecule has 1 aromatic rings. The van der Waals surface area contributed by atoms with Gasteiger partial charge in [-0.2, -0.15) is 0 Å². The molecule has 0 bridgehead atoms. The molecule has 2 rings (SSSR count). The summed E-state index contributed by atoms with van der Waals surface area (Å²) in [6.07, 6.45) is 0.874. The van der Waals surface area contributed by atoms with Crippen LogP contribution in [0.5, 0.6) is 0 Å². The molecular weight excluding hydrogens is 210 g/mol. The van der Waals surface area contributed by atoms with Crippen molar-refractivity contribution in [3.8, 4) is 0 Å². The zero-order valence-corrected chi connectivity index (χ0v) is 11.9. The van der Waals surface area contributed by atoms with E-state index in [0.29, 0.717) is 0 Å². The van der Waals surface area contributed by atoms with E-state index in [2.05, 4.69) is 6.07 Å². The van der Waals surface area contributed by atoms with Crippen LogP contribution < -0.4 is 4.90 Å². The maximum absolute atomic E-state index is 11.6. The standard InChI is InChI=1S/C11H13NO.2C2H6/c1-8-7-9-5-3-4-6-10(9)12(2)11(8)13;2*1-2/h3-6,8H,7H2,1-2H3;2*1-2H3. The molecule has 0 aliphatic carbocycles. The minimum Gasteiger partial charge on any atom is -0.315 e. The topological polar surface area (TPSA) is 20.3 Å². The minimum absolute atomic E-state index is 0.125. The van der Waals surface area contributed by atoms with E-state index in [-0.39, 0.29) is 11.8 Å². The third kappa shape index (κ3) is 3.58. The van der Waals surface area contributed by atoms with E-state index >= 15 is 0 Å². The van der Waals surface area contributed by atoms with Crippen molar-refractivity contribution in [2.24, 2.45) is 5.92 Å². The zero-order valence-electron chi connectivity index (χ0n) is 11.9. The molecule has 17 heavy (non-hydrogen) atoms. The summed E-state index contributed by atoms with van der Waals surface area (Å²) in [5, 5.41) is 0. The lowest BCUT2D eigenvalue weighted by Crippen LogP contribution is -2.37. The maximum atomic E-state index is 11.6. The SMILES string of the molecule is CC.CC.CC1Cc2ccccc2N(C)C1=O. The fourth-order valence-electron chi connectivity index (χ4n) is 1.88. The average molecular weight is 235 g/mol. The fourth-order valence-corrected chi connectivity index (χ4v) is 1.88. The van der Waals surface area contributed by atoms with E-state index in [1.165, 1.54) is 5.56 Å². The van der Waals surface area contributed by atoms with Crippen molar-refractivity contribution < 1.29 is 4.79 Å². The third-order valence-corrected chi connectivity index (χ3v) is 2.63. The third-order valence-electron chi connectivity index (χ3n) is 2.63. The highest BCUT2D eigenvalue weighted by Gasteiger charge is 2.26. The van der Waals surface area contributed by atoms with Gasteiger partial charge >= 0.3 is 0 Å². The van der Waals surface area contributed by atoms with Gasteiger partial charge < -0.3 is 4.90 Å². The lowest BCUT2D eigenvalue weighted by Gasteiger charge is -2.29. The van der Waals surface area contributed by atoms with Crippen molar-refractivity contribution in [3.63, 3.8) is 0 Å². The van der Waals surface area contributed by atoms with Gasteiger partial charge in [-0.25, -0.2) is 0 Å². The van der Waals surface area contributed by atoms with Crippen LogP contribution in [0.25, 0.3) is 0 Å². The molecule has 96 valence electrons. The van der Waals surface area contributed by atoms with Gasteiger partial charge in [-0.05, 0) is 18.1 Å². The van der Waals surface area contributed by atoms with Gasteiger partial charge in [0.1, 0.15) is 0 Å². The summed E-state index contributed by atoms with van der Waals surface area (Å²) in [4.78, 5) is 13.4. The second-order valence-electron chi connectivity index (χ2n) is 3.63. The first-order chi connectivity index (χ1) is 8.20. The molecule has 0 fully saturated rings. The van der Waals surface area contributed by atoms with Crippen molar-refractivity contribution in [1.29, 1.82) is 0 Å². The Morgan fingerprint density at radius 1 is 1.12 bits per heavy atom. The Kier molecular flexibility index (Phi) is 7.27. The Morgan fingerprint density at radius 3 is 2.24 bits per heavy atom. The number of nitrogens with zero attached hydrogens (tertiary/aromatic N) is 1. The van der Waals surface area contributed by atoms with Gasteiger partial charge in [0.05, 0.1) is 0 Å². The number of anilines is 1. The number of amides is 1. The average Bonchev–Trinajstić information content (AvgIpc) is 2.41. The van der Waals surface area contributed by atoms with Crippen LogP contribution >= 0.6 is 0 Å². The van der Waals surface area contributed by atoms with Crippen molar-refractivity contribution in [2.75, 3.05) is 11.9 Å². The van der Waals surface area contributed by atoms with Crippen molar-refractivity contribution in [1.82, 2.24) is 0 Å². The first kappa shape index (κ1) is 15.7. The smallest absolute Gasteiger partial charge is 0.229 e. The van der Waals surface area contributed by atoms with Gasteiger partial charge in [0.15, 0.2) is 0 Å². The Labute approximate surface area is 106 Å². The highest BCUT2D eigenvalue weighted by Crippen LogP contribution is 2.28. The maximum Gasteiger partial charge on any atom is 0.229 e. The Bertz CT molecular complexity index is 347. The number of hydrogen-bond donors (Lipinski definition) is 0. The quantitative estimate of drug-likeness (QED) is 0.668. The van der Waals surface area contributed by atoms with E-state index in [4.69, 9.17) is 0 Å². The van der Waals surface area contributed by atoms with Gasteiger partial charge in [-0.3, -0.25) is 4.79 Å². The van der Waals surface area contributed by atoms with E-state index in [1.54, 1.807) is 4.90 Å². The predicted molar refractivity (Wildman–Crippen MR) is 75.4 cm³/mol. The normalized spacial score (nSPS) is 17.2. The van der Waals surface area contributed by atoms with Crippen molar-refractivity contribution in [3.05, 3.63) is 29.8 Å². The Hall–Kier alpha value is -1.31. The molecule has 0 N–H and O–H groups in total. The second-order valence-corrected chi connectivity index (χ2v) is 3.63. The summed E-state index contributed by atoms with van der Waals surface area (Å²) in [6, 6.07) is 8.08. The monoisotopic (exact) mass is 235 g/mol. The van der Waals surface area contributed by atoms with E-state index < -0.39 is 0 Å². The number of fused-ring (bicyclic) bond motifs is 1. The molecule has 1 aromatic carbocycles. The molecular formula is C15H25NO. The highest BCUT2D eigenvalue weighted by molar-refractivity contribution is 5.97. The first-order valence-electron chi connectivity index (χ1n) is 6.55. The first-order valence-corrected chi connectivity index (χ1v) is 6.55. The summed E-state index contributed by atoms with van der Waals surface area (Å²) in [5.74, 6) is 0.346. The number of benzene rings is 1. The van der Waals surface area contributed by atoms with E-state index in [9.17, 15) is 4.79 Å². The highest BCUT2D eigenvalue weighted by atomic mass is 16.2. The van der Waals surface area contributed by atoms with Crippen LogP contribution in [0.4, 0.5) is 5.69 Å². The summed E-state index contributed by atoms with van der Waals surface area (Å²) < 4.78 is 0. The zero-order chi connectivity index (χ0) is 13.4. The lowest BCUT2D eigenvalue weighted by atomic mass is 9.94. The molecule has 2 heteroatoms. The van der Waals surface area contributed by atoms with Crippen LogP contribution in [0.3, 0.4) is 0 Å². The van der Waals surface area contributed by atoms with E-state index in [0.717, 1.165) is 12.1 Å². The minimum atomic E-state index is 0.125.